The van der Waals surface area contributed by atoms with Crippen molar-refractivity contribution in [1.82, 2.24) is 10.6 Å². The van der Waals surface area contributed by atoms with Crippen LogP contribution in [-0.4, -0.2) is 23.7 Å². The topological polar surface area (TPSA) is 84.2 Å². The number of carbonyl (C=O) groups is 2. The summed E-state index contributed by atoms with van der Waals surface area (Å²) in [5.41, 5.74) is 6.10. The minimum absolute atomic E-state index is 0.368. The van der Waals surface area contributed by atoms with E-state index in [4.69, 9.17) is 5.73 Å². The Hall–Kier alpha value is -1.53. The summed E-state index contributed by atoms with van der Waals surface area (Å²) >= 11 is 1.39. The summed E-state index contributed by atoms with van der Waals surface area (Å²) in [6, 6.07) is 7.14. The first-order valence-electron chi connectivity index (χ1n) is 6.09. The highest BCUT2D eigenvalue weighted by Crippen LogP contribution is 2.23. The Kier molecular flexibility index (Phi) is 6.38. The molecule has 19 heavy (non-hydrogen) atoms. The molecule has 1 unspecified atom stereocenters. The van der Waals surface area contributed by atoms with Gasteiger partial charge in [-0.25, -0.2) is 4.79 Å². The van der Waals surface area contributed by atoms with Gasteiger partial charge < -0.3 is 11.1 Å². The molecule has 1 aromatic rings. The molecule has 0 aliphatic carbocycles. The van der Waals surface area contributed by atoms with E-state index < -0.39 is 6.03 Å². The van der Waals surface area contributed by atoms with Gasteiger partial charge in [0.15, 0.2) is 0 Å². The standard InChI is InChI=1S/C13H19N3O2S/c1-3-15-8-10-4-6-11(7-5-10)19-9(2)12(17)16-13(14)18/h4-7,9,15H,3,8H2,1-2H3,(H3,14,16,17,18). The summed E-state index contributed by atoms with van der Waals surface area (Å²) in [7, 11) is 0. The monoisotopic (exact) mass is 281 g/mol. The number of hydrogen-bond donors (Lipinski definition) is 3. The lowest BCUT2D eigenvalue weighted by Gasteiger charge is -2.10. The number of rotatable bonds is 6. The third-order valence-electron chi connectivity index (χ3n) is 2.43. The Morgan fingerprint density at radius 2 is 1.95 bits per heavy atom. The molecule has 1 atom stereocenters. The Labute approximate surface area is 117 Å². The van der Waals surface area contributed by atoms with Crippen LogP contribution in [-0.2, 0) is 11.3 Å². The summed E-state index contributed by atoms with van der Waals surface area (Å²) in [6.07, 6.45) is 0. The van der Waals surface area contributed by atoms with Crippen LogP contribution in [0.4, 0.5) is 4.79 Å². The first-order valence-corrected chi connectivity index (χ1v) is 6.97. The van der Waals surface area contributed by atoms with Crippen molar-refractivity contribution in [2.24, 2.45) is 5.73 Å². The quantitative estimate of drug-likeness (QED) is 0.689. The lowest BCUT2D eigenvalue weighted by Crippen LogP contribution is -2.39. The summed E-state index contributed by atoms with van der Waals surface area (Å²) in [5.74, 6) is -0.380. The highest BCUT2D eigenvalue weighted by molar-refractivity contribution is 8.00. The summed E-state index contributed by atoms with van der Waals surface area (Å²) < 4.78 is 0. The van der Waals surface area contributed by atoms with Gasteiger partial charge in [0, 0.05) is 11.4 Å². The highest BCUT2D eigenvalue weighted by atomic mass is 32.2. The van der Waals surface area contributed by atoms with Gasteiger partial charge in [-0.05, 0) is 31.2 Å². The van der Waals surface area contributed by atoms with E-state index in [1.54, 1.807) is 6.92 Å². The fourth-order valence-electron chi connectivity index (χ4n) is 1.44. The normalized spacial score (nSPS) is 11.9. The van der Waals surface area contributed by atoms with E-state index in [1.807, 2.05) is 24.3 Å². The summed E-state index contributed by atoms with van der Waals surface area (Å²) in [5, 5.41) is 4.95. The third-order valence-corrected chi connectivity index (χ3v) is 3.54. The average molecular weight is 281 g/mol. The minimum Gasteiger partial charge on any atom is -0.351 e. The predicted molar refractivity (Wildman–Crippen MR) is 76.9 cm³/mol. The Balaban J connectivity index is 2.52. The second-order valence-corrected chi connectivity index (χ2v) is 5.45. The number of benzene rings is 1. The van der Waals surface area contributed by atoms with Gasteiger partial charge in [0.1, 0.15) is 0 Å². The van der Waals surface area contributed by atoms with Crippen LogP contribution in [0.5, 0.6) is 0 Å². The fraction of sp³-hybridized carbons (Fsp3) is 0.385. The van der Waals surface area contributed by atoms with Gasteiger partial charge >= 0.3 is 6.03 Å². The molecule has 6 heteroatoms. The van der Waals surface area contributed by atoms with E-state index in [1.165, 1.54) is 17.3 Å². The molecule has 104 valence electrons. The molecule has 1 aromatic carbocycles. The second-order valence-electron chi connectivity index (χ2n) is 4.04. The molecule has 0 spiro atoms. The van der Waals surface area contributed by atoms with Crippen LogP contribution in [0.3, 0.4) is 0 Å². The smallest absolute Gasteiger partial charge is 0.318 e. The number of primary amides is 1. The van der Waals surface area contributed by atoms with E-state index in [0.717, 1.165) is 18.0 Å². The van der Waals surface area contributed by atoms with Crippen molar-refractivity contribution in [2.75, 3.05) is 6.54 Å². The molecule has 5 nitrogen and oxygen atoms in total. The fourth-order valence-corrected chi connectivity index (χ4v) is 2.30. The third kappa shape index (κ3) is 5.76. The number of thioether (sulfide) groups is 1. The molecular weight excluding hydrogens is 262 g/mol. The molecule has 0 saturated carbocycles. The van der Waals surface area contributed by atoms with Crippen LogP contribution in [0, 0.1) is 0 Å². The maximum atomic E-state index is 11.5. The number of amides is 3. The second kappa shape index (κ2) is 7.81. The highest BCUT2D eigenvalue weighted by Gasteiger charge is 2.15. The molecular formula is C13H19N3O2S. The molecule has 0 aromatic heterocycles. The van der Waals surface area contributed by atoms with Crippen molar-refractivity contribution in [1.29, 1.82) is 0 Å². The zero-order valence-corrected chi connectivity index (χ0v) is 11.9. The predicted octanol–water partition coefficient (Wildman–Crippen LogP) is 1.47. The zero-order valence-electron chi connectivity index (χ0n) is 11.1. The number of carbonyl (C=O) groups excluding carboxylic acids is 2. The van der Waals surface area contributed by atoms with Crippen LogP contribution in [0.25, 0.3) is 0 Å². The molecule has 1 rings (SSSR count). The Bertz CT molecular complexity index is 434. The van der Waals surface area contributed by atoms with Gasteiger partial charge in [0.2, 0.25) is 5.91 Å². The van der Waals surface area contributed by atoms with E-state index in [-0.39, 0.29) is 11.2 Å². The molecule has 4 N–H and O–H groups in total. The first-order chi connectivity index (χ1) is 9.02. The molecule has 0 heterocycles. The van der Waals surface area contributed by atoms with Gasteiger partial charge in [-0.15, -0.1) is 11.8 Å². The number of urea groups is 1. The molecule has 3 amide bonds. The first kappa shape index (κ1) is 15.5. The summed E-state index contributed by atoms with van der Waals surface area (Å²) in [4.78, 5) is 23.1. The minimum atomic E-state index is -0.821. The maximum Gasteiger partial charge on any atom is 0.318 e. The van der Waals surface area contributed by atoms with Gasteiger partial charge in [0.25, 0.3) is 0 Å². The average Bonchev–Trinajstić information content (AvgIpc) is 2.37. The van der Waals surface area contributed by atoms with Crippen LogP contribution < -0.4 is 16.4 Å². The van der Waals surface area contributed by atoms with Crippen molar-refractivity contribution in [3.8, 4) is 0 Å². The summed E-state index contributed by atoms with van der Waals surface area (Å²) in [6.45, 7) is 5.55. The van der Waals surface area contributed by atoms with E-state index in [9.17, 15) is 9.59 Å². The molecule has 0 fully saturated rings. The van der Waals surface area contributed by atoms with E-state index in [0.29, 0.717) is 0 Å². The molecule has 0 bridgehead atoms. The van der Waals surface area contributed by atoms with Crippen molar-refractivity contribution in [3.05, 3.63) is 29.8 Å². The molecule has 0 saturated heterocycles. The van der Waals surface area contributed by atoms with Crippen molar-refractivity contribution in [2.45, 2.75) is 30.5 Å². The largest absolute Gasteiger partial charge is 0.351 e. The van der Waals surface area contributed by atoms with Crippen LogP contribution in [0.2, 0.25) is 0 Å². The van der Waals surface area contributed by atoms with Crippen molar-refractivity contribution in [3.63, 3.8) is 0 Å². The number of imide groups is 1. The van der Waals surface area contributed by atoms with Crippen LogP contribution in [0.1, 0.15) is 19.4 Å². The number of nitrogens with two attached hydrogens (primary N) is 1. The zero-order chi connectivity index (χ0) is 14.3. The Morgan fingerprint density at radius 1 is 1.32 bits per heavy atom. The van der Waals surface area contributed by atoms with Crippen LogP contribution >= 0.6 is 11.8 Å². The van der Waals surface area contributed by atoms with Crippen molar-refractivity contribution >= 4 is 23.7 Å². The van der Waals surface area contributed by atoms with E-state index in [2.05, 4.69) is 17.6 Å². The lowest BCUT2D eigenvalue weighted by molar-refractivity contribution is -0.119. The lowest BCUT2D eigenvalue weighted by atomic mass is 10.2. The van der Waals surface area contributed by atoms with Gasteiger partial charge in [-0.1, -0.05) is 19.1 Å². The van der Waals surface area contributed by atoms with Crippen molar-refractivity contribution < 1.29 is 9.59 Å². The molecule has 0 aliphatic rings. The Morgan fingerprint density at radius 3 is 2.47 bits per heavy atom. The molecule has 0 radical (unpaired) electrons. The SMILES string of the molecule is CCNCc1ccc(SC(C)C(=O)NC(N)=O)cc1. The van der Waals surface area contributed by atoms with Crippen LogP contribution in [0.15, 0.2) is 29.2 Å². The maximum absolute atomic E-state index is 11.5. The van der Waals surface area contributed by atoms with Gasteiger partial charge in [-0.3, -0.25) is 10.1 Å². The molecule has 0 aliphatic heterocycles. The van der Waals surface area contributed by atoms with E-state index >= 15 is 0 Å². The van der Waals surface area contributed by atoms with Gasteiger partial charge in [0.05, 0.1) is 5.25 Å². The number of hydrogen-bond acceptors (Lipinski definition) is 4. The number of nitrogens with one attached hydrogen (secondary N) is 2. The van der Waals surface area contributed by atoms with Gasteiger partial charge in [-0.2, -0.15) is 0 Å².